The van der Waals surface area contributed by atoms with Gasteiger partial charge in [-0.1, -0.05) is 0 Å². The summed E-state index contributed by atoms with van der Waals surface area (Å²) in [5.41, 5.74) is 1.86. The minimum Gasteiger partial charge on any atom is -0.298 e. The molecule has 0 aromatic carbocycles. The summed E-state index contributed by atoms with van der Waals surface area (Å²) in [5, 5.41) is 12.7. The van der Waals surface area contributed by atoms with Crippen LogP contribution >= 0.6 is 0 Å². The Morgan fingerprint density at radius 1 is 1.44 bits per heavy atom. The molecule has 0 aliphatic heterocycles. The maximum Gasteiger partial charge on any atom is 0.153 e. The minimum atomic E-state index is 0.131. The molecule has 0 bridgehead atoms. The number of nitrogens with zero attached hydrogens (tertiary/aromatic N) is 4. The number of nitriles is 1. The summed E-state index contributed by atoms with van der Waals surface area (Å²) < 4.78 is 1.44. The van der Waals surface area contributed by atoms with Gasteiger partial charge in [-0.15, -0.1) is 0 Å². The molecule has 0 aliphatic carbocycles. The lowest BCUT2D eigenvalue weighted by molar-refractivity contribution is 0.112. The molecule has 2 aromatic rings. The molecule has 0 atom stereocenters. The van der Waals surface area contributed by atoms with Crippen LogP contribution in [0.5, 0.6) is 0 Å². The fraction of sp³-hybridized carbons (Fsp3) is 0.0909. The van der Waals surface area contributed by atoms with Crippen molar-refractivity contribution in [1.29, 1.82) is 5.26 Å². The Labute approximate surface area is 92.0 Å². The zero-order chi connectivity index (χ0) is 11.4. The highest BCUT2D eigenvalue weighted by Gasteiger charge is 2.09. The summed E-state index contributed by atoms with van der Waals surface area (Å²) in [5.74, 6) is 0. The van der Waals surface area contributed by atoms with E-state index in [1.165, 1.54) is 4.68 Å². The summed E-state index contributed by atoms with van der Waals surface area (Å²) in [4.78, 5) is 14.8. The van der Waals surface area contributed by atoms with E-state index in [0.717, 1.165) is 11.8 Å². The third kappa shape index (κ3) is 1.81. The summed E-state index contributed by atoms with van der Waals surface area (Å²) in [6.07, 6.45) is 5.56. The predicted molar refractivity (Wildman–Crippen MR) is 56.5 cm³/mol. The van der Waals surface area contributed by atoms with Gasteiger partial charge >= 0.3 is 0 Å². The van der Waals surface area contributed by atoms with Gasteiger partial charge in [-0.25, -0.2) is 0 Å². The van der Waals surface area contributed by atoms with Crippen LogP contribution in [0.2, 0.25) is 0 Å². The second-order valence-electron chi connectivity index (χ2n) is 3.14. The minimum absolute atomic E-state index is 0.131. The fourth-order valence-electron chi connectivity index (χ4n) is 1.41. The molecule has 0 saturated heterocycles. The Bertz CT molecular complexity index is 539. The first-order valence-corrected chi connectivity index (χ1v) is 4.65. The summed E-state index contributed by atoms with van der Waals surface area (Å²) in [6.45, 7) is 0.131. The maximum absolute atomic E-state index is 10.9. The zero-order valence-corrected chi connectivity index (χ0v) is 8.37. The lowest BCUT2D eigenvalue weighted by Gasteiger charge is -1.95. The topological polar surface area (TPSA) is 71.6 Å². The van der Waals surface area contributed by atoms with Crippen LogP contribution in [0.3, 0.4) is 0 Å². The normalized spacial score (nSPS) is 9.69. The molecule has 5 heteroatoms. The first-order chi connectivity index (χ1) is 7.85. The van der Waals surface area contributed by atoms with E-state index in [0.29, 0.717) is 11.3 Å². The molecular weight excluding hydrogens is 204 g/mol. The first kappa shape index (κ1) is 10.1. The van der Waals surface area contributed by atoms with Crippen molar-refractivity contribution >= 4 is 6.29 Å². The van der Waals surface area contributed by atoms with Crippen LogP contribution in [0.1, 0.15) is 10.4 Å². The van der Waals surface area contributed by atoms with Crippen molar-refractivity contribution in [3.63, 3.8) is 0 Å². The molecule has 0 spiro atoms. The van der Waals surface area contributed by atoms with Gasteiger partial charge in [0, 0.05) is 24.2 Å². The van der Waals surface area contributed by atoms with E-state index >= 15 is 0 Å². The monoisotopic (exact) mass is 212 g/mol. The zero-order valence-electron chi connectivity index (χ0n) is 8.37. The predicted octanol–water partition coefficient (Wildman–Crippen LogP) is 1.28. The highest BCUT2D eigenvalue weighted by Crippen LogP contribution is 2.19. The average molecular weight is 212 g/mol. The molecule has 0 saturated carbocycles. The highest BCUT2D eigenvalue weighted by molar-refractivity contribution is 5.85. The van der Waals surface area contributed by atoms with Gasteiger partial charge in [0.25, 0.3) is 0 Å². The van der Waals surface area contributed by atoms with Crippen LogP contribution in [0.4, 0.5) is 0 Å². The number of aromatic nitrogens is 3. The number of carbonyl (C=O) groups excluding carboxylic acids is 1. The van der Waals surface area contributed by atoms with Gasteiger partial charge in [0.2, 0.25) is 0 Å². The van der Waals surface area contributed by atoms with Gasteiger partial charge in [-0.05, 0) is 12.1 Å². The van der Waals surface area contributed by atoms with E-state index in [4.69, 9.17) is 5.26 Å². The number of carbonyl (C=O) groups is 1. The van der Waals surface area contributed by atoms with Crippen LogP contribution < -0.4 is 0 Å². The van der Waals surface area contributed by atoms with Crippen molar-refractivity contribution in [3.05, 3.63) is 36.3 Å². The molecule has 16 heavy (non-hydrogen) atoms. The van der Waals surface area contributed by atoms with E-state index in [2.05, 4.69) is 10.1 Å². The Hall–Kier alpha value is -2.48. The summed E-state index contributed by atoms with van der Waals surface area (Å²) >= 11 is 0. The quantitative estimate of drug-likeness (QED) is 0.718. The van der Waals surface area contributed by atoms with Crippen LogP contribution in [-0.4, -0.2) is 21.1 Å². The van der Waals surface area contributed by atoms with Crippen molar-refractivity contribution in [2.24, 2.45) is 0 Å². The second kappa shape index (κ2) is 4.36. The summed E-state index contributed by atoms with van der Waals surface area (Å²) in [6, 6.07) is 5.51. The van der Waals surface area contributed by atoms with E-state index in [-0.39, 0.29) is 6.54 Å². The molecule has 0 amide bonds. The van der Waals surface area contributed by atoms with Gasteiger partial charge in [-0.2, -0.15) is 10.4 Å². The lowest BCUT2D eigenvalue weighted by atomic mass is 10.1. The lowest BCUT2D eigenvalue weighted by Crippen LogP contribution is -1.95. The molecule has 2 rings (SSSR count). The van der Waals surface area contributed by atoms with Crippen molar-refractivity contribution in [1.82, 2.24) is 14.8 Å². The molecule has 0 N–H and O–H groups in total. The molecule has 0 unspecified atom stereocenters. The standard InChI is InChI=1S/C11H8N4O/c12-3-6-15-7-10(8-16)11(14-15)9-1-4-13-5-2-9/h1-2,4-5,7-8H,6H2. The third-order valence-corrected chi connectivity index (χ3v) is 2.10. The smallest absolute Gasteiger partial charge is 0.153 e. The van der Waals surface area contributed by atoms with Crippen molar-refractivity contribution in [3.8, 4) is 17.3 Å². The largest absolute Gasteiger partial charge is 0.298 e. The molecule has 2 aromatic heterocycles. The Kier molecular flexibility index (Phi) is 2.74. The molecule has 5 nitrogen and oxygen atoms in total. The van der Waals surface area contributed by atoms with Gasteiger partial charge < -0.3 is 0 Å². The molecule has 78 valence electrons. The number of rotatable bonds is 3. The number of hydrogen-bond acceptors (Lipinski definition) is 4. The van der Waals surface area contributed by atoms with E-state index in [1.54, 1.807) is 30.7 Å². The van der Waals surface area contributed by atoms with Crippen molar-refractivity contribution in [2.45, 2.75) is 6.54 Å². The Balaban J connectivity index is 2.48. The van der Waals surface area contributed by atoms with Gasteiger partial charge in [0.1, 0.15) is 12.2 Å². The molecule has 2 heterocycles. The van der Waals surface area contributed by atoms with Gasteiger partial charge in [-0.3, -0.25) is 14.5 Å². The number of aldehydes is 1. The summed E-state index contributed by atoms with van der Waals surface area (Å²) in [7, 11) is 0. The Morgan fingerprint density at radius 2 is 2.19 bits per heavy atom. The van der Waals surface area contributed by atoms with Crippen molar-refractivity contribution < 1.29 is 4.79 Å². The SMILES string of the molecule is N#CCn1cc(C=O)c(-c2ccncc2)n1. The second-order valence-corrected chi connectivity index (χ2v) is 3.14. The number of pyridine rings is 1. The third-order valence-electron chi connectivity index (χ3n) is 2.10. The van der Waals surface area contributed by atoms with Crippen LogP contribution in [0.25, 0.3) is 11.3 Å². The Morgan fingerprint density at radius 3 is 2.81 bits per heavy atom. The molecule has 0 fully saturated rings. The number of hydrogen-bond donors (Lipinski definition) is 0. The van der Waals surface area contributed by atoms with E-state index in [9.17, 15) is 4.79 Å². The highest BCUT2D eigenvalue weighted by atomic mass is 16.1. The van der Waals surface area contributed by atoms with Gasteiger partial charge in [0.15, 0.2) is 6.29 Å². The van der Waals surface area contributed by atoms with Crippen molar-refractivity contribution in [2.75, 3.05) is 0 Å². The fourth-order valence-corrected chi connectivity index (χ4v) is 1.41. The maximum atomic E-state index is 10.9. The van der Waals surface area contributed by atoms with E-state index in [1.807, 2.05) is 6.07 Å². The first-order valence-electron chi connectivity index (χ1n) is 4.65. The van der Waals surface area contributed by atoms with Crippen LogP contribution in [0.15, 0.2) is 30.7 Å². The molecule has 0 aliphatic rings. The van der Waals surface area contributed by atoms with Crippen LogP contribution in [0, 0.1) is 11.3 Å². The van der Waals surface area contributed by atoms with Crippen LogP contribution in [-0.2, 0) is 6.54 Å². The van der Waals surface area contributed by atoms with E-state index < -0.39 is 0 Å². The molecule has 0 radical (unpaired) electrons. The molecular formula is C11H8N4O. The van der Waals surface area contributed by atoms with Gasteiger partial charge in [0.05, 0.1) is 11.6 Å². The average Bonchev–Trinajstić information content (AvgIpc) is 2.74.